The van der Waals surface area contributed by atoms with Crippen molar-refractivity contribution < 1.29 is 33.1 Å². The Morgan fingerprint density at radius 3 is 1.40 bits per heavy atom. The van der Waals surface area contributed by atoms with Gasteiger partial charge in [-0.2, -0.15) is 10.2 Å². The molecule has 4 aliphatic rings. The van der Waals surface area contributed by atoms with Gasteiger partial charge in [-0.25, -0.2) is 18.7 Å². The first-order valence-electron chi connectivity index (χ1n) is 24.3. The number of amides is 3. The average molecular weight is 927 g/mol. The fourth-order valence-electron chi connectivity index (χ4n) is 11.5. The Bertz CT molecular complexity index is 2180. The average Bonchev–Trinajstić information content (AvgIpc) is 4.06. The number of nitrogens with two attached hydrogens (primary N) is 1. The first-order chi connectivity index (χ1) is 32.3. The van der Waals surface area contributed by atoms with E-state index >= 15 is 0 Å². The predicted octanol–water partition coefficient (Wildman–Crippen LogP) is 6.44. The highest BCUT2D eigenvalue weighted by molar-refractivity contribution is 6.00. The molecule has 4 N–H and O–H groups in total. The van der Waals surface area contributed by atoms with Crippen molar-refractivity contribution in [1.82, 2.24) is 44.6 Å². The van der Waals surface area contributed by atoms with E-state index in [0.717, 1.165) is 44.3 Å². The zero-order valence-corrected chi connectivity index (χ0v) is 38.9. The summed E-state index contributed by atoms with van der Waals surface area (Å²) >= 11 is 0. The Morgan fingerprint density at radius 1 is 0.657 bits per heavy atom. The molecule has 362 valence electrons. The molecular weight excluding hydrogens is 859 g/mol. The van der Waals surface area contributed by atoms with Crippen LogP contribution in [0, 0.1) is 46.1 Å². The molecule has 15 nitrogen and oxygen atoms in total. The van der Waals surface area contributed by atoms with E-state index in [2.05, 4.69) is 25.5 Å². The first kappa shape index (κ1) is 49.3. The van der Waals surface area contributed by atoms with Crippen LogP contribution in [0.25, 0.3) is 0 Å². The minimum atomic E-state index is -1.15. The summed E-state index contributed by atoms with van der Waals surface area (Å²) in [7, 11) is 0. The molecule has 0 radical (unpaired) electrons. The van der Waals surface area contributed by atoms with Gasteiger partial charge in [0, 0.05) is 39.3 Å². The molecule has 3 atom stereocenters. The van der Waals surface area contributed by atoms with Crippen LogP contribution in [0.1, 0.15) is 108 Å². The van der Waals surface area contributed by atoms with E-state index in [0.29, 0.717) is 43.6 Å². The molecule has 4 fully saturated rings. The Kier molecular flexibility index (Phi) is 16.9. The SMILES string of the molecule is CC(N)NC(=O)C(Cc1ccc(F)cc1)C(=O)N1CCC(Cn2cncn2)(C2CCCCC2)CC1.O=C(O)C(Cc1ccc(F)cc1)C(=O)N1CCC(Cn2cncn2)(C2CCCCC2)CC1. The summed E-state index contributed by atoms with van der Waals surface area (Å²) in [5, 5.41) is 21.1. The number of nitrogens with zero attached hydrogens (tertiary/aromatic N) is 8. The molecular formula is C50H68F2N10O5. The van der Waals surface area contributed by atoms with Crippen LogP contribution in [0.4, 0.5) is 8.78 Å². The van der Waals surface area contributed by atoms with Crippen LogP contribution in [0.2, 0.25) is 0 Å². The van der Waals surface area contributed by atoms with E-state index < -0.39 is 24.0 Å². The number of likely N-dealkylation sites (tertiary alicyclic amines) is 2. The molecule has 8 rings (SSSR count). The van der Waals surface area contributed by atoms with Crippen LogP contribution in [0.5, 0.6) is 0 Å². The number of aromatic nitrogens is 6. The molecule has 17 heteroatoms. The third kappa shape index (κ3) is 12.9. The van der Waals surface area contributed by atoms with Crippen LogP contribution in [-0.2, 0) is 45.1 Å². The van der Waals surface area contributed by atoms with Gasteiger partial charge >= 0.3 is 5.97 Å². The lowest BCUT2D eigenvalue weighted by Gasteiger charge is -2.48. The quantitative estimate of drug-likeness (QED) is 0.0883. The number of piperidine rings is 2. The van der Waals surface area contributed by atoms with E-state index in [4.69, 9.17) is 5.73 Å². The van der Waals surface area contributed by atoms with Gasteiger partial charge in [0.1, 0.15) is 48.8 Å². The van der Waals surface area contributed by atoms with Crippen molar-refractivity contribution in [3.8, 4) is 0 Å². The van der Waals surface area contributed by atoms with Crippen molar-refractivity contribution in [2.24, 2.45) is 40.2 Å². The Labute approximate surface area is 392 Å². The third-order valence-electron chi connectivity index (χ3n) is 15.3. The third-order valence-corrected chi connectivity index (χ3v) is 15.3. The summed E-state index contributed by atoms with van der Waals surface area (Å²) in [6.45, 7) is 5.58. The van der Waals surface area contributed by atoms with Crippen LogP contribution in [0.3, 0.4) is 0 Å². The number of carbonyl (C=O) groups excluding carboxylic acids is 3. The molecule has 2 aliphatic carbocycles. The maximum Gasteiger partial charge on any atom is 0.316 e. The second-order valence-electron chi connectivity index (χ2n) is 19.6. The summed E-state index contributed by atoms with van der Waals surface area (Å²) in [4.78, 5) is 63.4. The lowest BCUT2D eigenvalue weighted by molar-refractivity contribution is -0.153. The predicted molar refractivity (Wildman–Crippen MR) is 246 cm³/mol. The maximum atomic E-state index is 13.6. The van der Waals surface area contributed by atoms with Crippen LogP contribution in [0.15, 0.2) is 73.8 Å². The van der Waals surface area contributed by atoms with E-state index in [-0.39, 0.29) is 53.0 Å². The lowest BCUT2D eigenvalue weighted by atomic mass is 9.63. The molecule has 2 aromatic carbocycles. The molecule has 0 spiro atoms. The van der Waals surface area contributed by atoms with Gasteiger partial charge in [-0.1, -0.05) is 62.8 Å². The summed E-state index contributed by atoms with van der Waals surface area (Å²) < 4.78 is 30.4. The summed E-state index contributed by atoms with van der Waals surface area (Å²) in [5.74, 6) is -3.64. The van der Waals surface area contributed by atoms with Gasteiger partial charge in [0.05, 0.1) is 6.17 Å². The second-order valence-corrected chi connectivity index (χ2v) is 19.6. The first-order valence-corrected chi connectivity index (χ1v) is 24.3. The monoisotopic (exact) mass is 927 g/mol. The number of benzene rings is 2. The van der Waals surface area contributed by atoms with Gasteiger partial charge in [0.2, 0.25) is 17.7 Å². The largest absolute Gasteiger partial charge is 0.481 e. The zero-order chi connectivity index (χ0) is 47.4. The van der Waals surface area contributed by atoms with Gasteiger partial charge in [-0.3, -0.25) is 28.5 Å². The molecule has 2 aliphatic heterocycles. The van der Waals surface area contributed by atoms with Crippen molar-refractivity contribution in [3.05, 3.63) is 96.6 Å². The lowest BCUT2D eigenvalue weighted by Crippen LogP contribution is -2.53. The van der Waals surface area contributed by atoms with Crippen LogP contribution < -0.4 is 11.1 Å². The Morgan fingerprint density at radius 2 is 1.04 bits per heavy atom. The molecule has 4 aromatic rings. The van der Waals surface area contributed by atoms with Crippen molar-refractivity contribution in [2.75, 3.05) is 26.2 Å². The highest BCUT2D eigenvalue weighted by Gasteiger charge is 2.46. The van der Waals surface area contributed by atoms with E-state index in [9.17, 15) is 33.1 Å². The topological polar surface area (TPSA) is 194 Å². The number of rotatable bonds is 15. The van der Waals surface area contributed by atoms with Crippen molar-refractivity contribution in [2.45, 2.75) is 129 Å². The van der Waals surface area contributed by atoms with Gasteiger partial charge < -0.3 is 26.0 Å². The van der Waals surface area contributed by atoms with E-state index in [1.165, 1.54) is 88.5 Å². The molecule has 4 heterocycles. The molecule has 67 heavy (non-hydrogen) atoms. The number of halogens is 2. The minimum absolute atomic E-state index is 0.0561. The van der Waals surface area contributed by atoms with Gasteiger partial charge in [-0.15, -0.1) is 0 Å². The standard InChI is InChI=1S/C26H37FN6O2.C24H31FN4O3/c1-19(28)31-24(34)23(15-20-7-9-22(27)10-8-20)25(35)32-13-11-26(12-14-32,16-33-18-29-17-30-33)21-5-3-2-4-6-21;25-20-8-6-18(7-9-20)14-21(23(31)32)22(30)28-12-10-24(11-13-28,15-29-17-26-16-27-29)19-4-2-1-3-5-19/h7-10,17-19,21,23H,2-6,11-16,28H2,1H3,(H,31,34);6-9,16-17,19,21H,1-5,10-15H2,(H,31,32). The van der Waals surface area contributed by atoms with Gasteiger partial charge in [0.15, 0.2) is 0 Å². The van der Waals surface area contributed by atoms with Gasteiger partial charge in [-0.05, 0) is 129 Å². The molecule has 3 unspecified atom stereocenters. The fraction of sp³-hybridized carbons (Fsp3) is 0.600. The molecule has 0 bridgehead atoms. The number of carbonyl (C=O) groups is 4. The molecule has 2 saturated carbocycles. The summed E-state index contributed by atoms with van der Waals surface area (Å²) in [6.07, 6.45) is 22.2. The van der Waals surface area contributed by atoms with Crippen LogP contribution >= 0.6 is 0 Å². The van der Waals surface area contributed by atoms with Crippen molar-refractivity contribution in [3.63, 3.8) is 0 Å². The fourth-order valence-corrected chi connectivity index (χ4v) is 11.5. The smallest absolute Gasteiger partial charge is 0.316 e. The van der Waals surface area contributed by atoms with Crippen molar-refractivity contribution >= 4 is 23.7 Å². The summed E-state index contributed by atoms with van der Waals surface area (Å²) in [5.41, 5.74) is 7.30. The molecule has 3 amide bonds. The Balaban J connectivity index is 0.000000200. The number of carboxylic acids is 1. The maximum absolute atomic E-state index is 13.6. The van der Waals surface area contributed by atoms with Crippen LogP contribution in [-0.4, -0.2) is 100 Å². The number of aliphatic carboxylic acids is 1. The highest BCUT2D eigenvalue weighted by Crippen LogP contribution is 2.48. The zero-order valence-electron chi connectivity index (χ0n) is 38.9. The van der Waals surface area contributed by atoms with E-state index in [1.54, 1.807) is 61.4 Å². The Hall–Kier alpha value is -5.58. The second kappa shape index (κ2) is 22.9. The number of carboxylic acid groups (broad SMARTS) is 1. The molecule has 2 saturated heterocycles. The van der Waals surface area contributed by atoms with Gasteiger partial charge in [0.25, 0.3) is 0 Å². The normalized spacial score (nSPS) is 20.2. The number of hydrogen-bond acceptors (Lipinski definition) is 9. The van der Waals surface area contributed by atoms with Crippen molar-refractivity contribution in [1.29, 1.82) is 0 Å². The number of nitrogens with one attached hydrogen (secondary N) is 1. The highest BCUT2D eigenvalue weighted by atomic mass is 19.1. The summed E-state index contributed by atoms with van der Waals surface area (Å²) in [6, 6.07) is 11.6. The molecule has 2 aromatic heterocycles. The number of hydrogen-bond donors (Lipinski definition) is 3. The van der Waals surface area contributed by atoms with E-state index in [1.807, 2.05) is 14.3 Å². The minimum Gasteiger partial charge on any atom is -0.481 e.